The van der Waals surface area contributed by atoms with Gasteiger partial charge in [0.25, 0.3) is 5.91 Å². The first-order valence-electron chi connectivity index (χ1n) is 12.1. The molecule has 0 radical (unpaired) electrons. The molecule has 4 rings (SSSR count). The number of ether oxygens (including phenoxy) is 2. The predicted molar refractivity (Wildman–Crippen MR) is 130 cm³/mol. The summed E-state index contributed by atoms with van der Waals surface area (Å²) in [5, 5.41) is 14.7. The van der Waals surface area contributed by atoms with Crippen LogP contribution in [0.4, 0.5) is 4.79 Å². The number of nitrogens with one attached hydrogen (secondary N) is 2. The minimum absolute atomic E-state index is 0.0284. The number of aliphatic carboxylic acids is 1. The number of hydrogen-bond acceptors (Lipinski definition) is 5. The van der Waals surface area contributed by atoms with Gasteiger partial charge in [-0.3, -0.25) is 9.59 Å². The molecule has 8 nitrogen and oxygen atoms in total. The van der Waals surface area contributed by atoms with Crippen molar-refractivity contribution in [3.05, 3.63) is 59.7 Å². The summed E-state index contributed by atoms with van der Waals surface area (Å²) < 4.78 is 10.8. The zero-order valence-electron chi connectivity index (χ0n) is 19.9. The van der Waals surface area contributed by atoms with Crippen molar-refractivity contribution in [1.82, 2.24) is 10.6 Å². The second-order valence-corrected chi connectivity index (χ2v) is 9.19. The minimum Gasteiger partial charge on any atom is -0.481 e. The van der Waals surface area contributed by atoms with Gasteiger partial charge >= 0.3 is 12.1 Å². The van der Waals surface area contributed by atoms with Crippen molar-refractivity contribution in [2.45, 2.75) is 50.2 Å². The van der Waals surface area contributed by atoms with E-state index >= 15 is 0 Å². The number of fused-ring (bicyclic) bond motifs is 3. The molecule has 2 aromatic carbocycles. The second-order valence-electron chi connectivity index (χ2n) is 9.19. The maximum Gasteiger partial charge on any atom is 0.407 e. The Morgan fingerprint density at radius 1 is 1.00 bits per heavy atom. The van der Waals surface area contributed by atoms with E-state index in [2.05, 4.69) is 34.9 Å². The number of carbonyl (C=O) groups is 3. The minimum atomic E-state index is -0.900. The van der Waals surface area contributed by atoms with Crippen LogP contribution in [-0.4, -0.2) is 55.5 Å². The zero-order chi connectivity index (χ0) is 24.8. The van der Waals surface area contributed by atoms with Crippen molar-refractivity contribution in [3.8, 4) is 11.1 Å². The van der Waals surface area contributed by atoms with Crippen LogP contribution in [0.3, 0.4) is 0 Å². The van der Waals surface area contributed by atoms with Crippen LogP contribution in [0, 0.1) is 5.92 Å². The maximum atomic E-state index is 12.8. The third-order valence-corrected chi connectivity index (χ3v) is 7.03. The lowest BCUT2D eigenvalue weighted by molar-refractivity contribution is -0.139. The SMILES string of the molecule is COC(CNC(=O)OCC1c2ccccc2-c2ccccc21)C(=O)N[C@@H]1CCCC[C@@H]1CC(=O)O. The lowest BCUT2D eigenvalue weighted by Gasteiger charge is -2.32. The average molecular weight is 481 g/mol. The molecule has 0 bridgehead atoms. The van der Waals surface area contributed by atoms with Crippen LogP contribution in [0.25, 0.3) is 11.1 Å². The molecule has 1 unspecified atom stereocenters. The molecule has 2 aliphatic rings. The number of benzene rings is 2. The van der Waals surface area contributed by atoms with Crippen LogP contribution >= 0.6 is 0 Å². The van der Waals surface area contributed by atoms with Gasteiger partial charge in [0.2, 0.25) is 0 Å². The first kappa shape index (κ1) is 24.7. The molecule has 2 aromatic rings. The summed E-state index contributed by atoms with van der Waals surface area (Å²) in [6.45, 7) is 0.137. The van der Waals surface area contributed by atoms with Crippen molar-refractivity contribution < 1.29 is 29.0 Å². The highest BCUT2D eigenvalue weighted by atomic mass is 16.5. The number of methoxy groups -OCH3 is 1. The van der Waals surface area contributed by atoms with Gasteiger partial charge in [0, 0.05) is 19.1 Å². The maximum absolute atomic E-state index is 12.8. The van der Waals surface area contributed by atoms with Crippen LogP contribution in [0.15, 0.2) is 48.5 Å². The summed E-state index contributed by atoms with van der Waals surface area (Å²) >= 11 is 0. The number of carboxylic acids is 1. The number of rotatable bonds is 9. The normalized spacial score (nSPS) is 19.8. The fourth-order valence-corrected chi connectivity index (χ4v) is 5.25. The molecule has 1 saturated carbocycles. The standard InChI is InChI=1S/C27H32N2O6/c1-34-24(26(32)29-23-13-7-2-8-17(23)14-25(30)31)15-28-27(33)35-16-22-20-11-5-3-9-18(20)19-10-4-6-12-21(19)22/h3-6,9-12,17,22-24H,2,7-8,13-16H2,1H3,(H,28,33)(H,29,32)(H,30,31)/t17-,23-,24?/m1/s1. The first-order chi connectivity index (χ1) is 17.0. The van der Waals surface area contributed by atoms with E-state index in [4.69, 9.17) is 14.6 Å². The van der Waals surface area contributed by atoms with Gasteiger partial charge < -0.3 is 25.2 Å². The van der Waals surface area contributed by atoms with Gasteiger partial charge in [0.15, 0.2) is 6.10 Å². The third kappa shape index (κ3) is 5.82. The summed E-state index contributed by atoms with van der Waals surface area (Å²) in [4.78, 5) is 36.4. The van der Waals surface area contributed by atoms with Gasteiger partial charge in [-0.15, -0.1) is 0 Å². The Morgan fingerprint density at radius 3 is 2.26 bits per heavy atom. The van der Waals surface area contributed by atoms with E-state index < -0.39 is 18.2 Å². The lowest BCUT2D eigenvalue weighted by Crippen LogP contribution is -2.50. The Hall–Kier alpha value is -3.39. The number of carboxylic acid groups (broad SMARTS) is 1. The highest BCUT2D eigenvalue weighted by Gasteiger charge is 2.31. The van der Waals surface area contributed by atoms with Gasteiger partial charge in [-0.1, -0.05) is 61.4 Å². The van der Waals surface area contributed by atoms with Gasteiger partial charge in [-0.2, -0.15) is 0 Å². The van der Waals surface area contributed by atoms with E-state index in [1.165, 1.54) is 7.11 Å². The molecule has 0 saturated heterocycles. The van der Waals surface area contributed by atoms with Crippen molar-refractivity contribution in [2.75, 3.05) is 20.3 Å². The van der Waals surface area contributed by atoms with E-state index in [0.717, 1.165) is 47.9 Å². The van der Waals surface area contributed by atoms with E-state index in [-0.39, 0.29) is 43.4 Å². The van der Waals surface area contributed by atoms with E-state index in [0.29, 0.717) is 0 Å². The summed E-state index contributed by atoms with van der Waals surface area (Å²) in [6.07, 6.45) is 1.91. The zero-order valence-corrected chi connectivity index (χ0v) is 19.9. The smallest absolute Gasteiger partial charge is 0.407 e. The average Bonchev–Trinajstić information content (AvgIpc) is 3.18. The molecule has 0 heterocycles. The molecule has 3 N–H and O–H groups in total. The largest absolute Gasteiger partial charge is 0.481 e. The van der Waals surface area contributed by atoms with Crippen molar-refractivity contribution in [3.63, 3.8) is 0 Å². The molecular formula is C27H32N2O6. The fraction of sp³-hybridized carbons (Fsp3) is 0.444. The van der Waals surface area contributed by atoms with Crippen LogP contribution in [0.1, 0.15) is 49.1 Å². The highest BCUT2D eigenvalue weighted by molar-refractivity contribution is 5.82. The summed E-state index contributed by atoms with van der Waals surface area (Å²) in [5.41, 5.74) is 4.55. The molecule has 0 spiro atoms. The van der Waals surface area contributed by atoms with E-state index in [9.17, 15) is 14.4 Å². The van der Waals surface area contributed by atoms with Gasteiger partial charge in [-0.05, 0) is 41.0 Å². The van der Waals surface area contributed by atoms with Gasteiger partial charge in [0.05, 0.1) is 13.0 Å². The predicted octanol–water partition coefficient (Wildman–Crippen LogP) is 3.69. The quantitative estimate of drug-likeness (QED) is 0.504. The van der Waals surface area contributed by atoms with Gasteiger partial charge in [-0.25, -0.2) is 4.79 Å². The van der Waals surface area contributed by atoms with Gasteiger partial charge in [0.1, 0.15) is 6.61 Å². The molecule has 2 amide bonds. The van der Waals surface area contributed by atoms with Crippen LogP contribution in [-0.2, 0) is 19.1 Å². The van der Waals surface area contributed by atoms with Crippen molar-refractivity contribution in [2.24, 2.45) is 5.92 Å². The monoisotopic (exact) mass is 480 g/mol. The lowest BCUT2D eigenvalue weighted by atomic mass is 9.82. The van der Waals surface area contributed by atoms with Crippen LogP contribution in [0.5, 0.6) is 0 Å². The topological polar surface area (TPSA) is 114 Å². The molecule has 0 aliphatic heterocycles. The Balaban J connectivity index is 1.29. The number of alkyl carbamates (subject to hydrolysis) is 1. The molecule has 8 heteroatoms. The summed E-state index contributed by atoms with van der Waals surface area (Å²) in [5.74, 6) is -1.38. The molecule has 186 valence electrons. The van der Waals surface area contributed by atoms with Crippen LogP contribution < -0.4 is 10.6 Å². The fourth-order valence-electron chi connectivity index (χ4n) is 5.25. The Labute approximate surface area is 205 Å². The molecular weight excluding hydrogens is 448 g/mol. The number of amides is 2. The third-order valence-electron chi connectivity index (χ3n) is 7.03. The first-order valence-corrected chi connectivity index (χ1v) is 12.1. The van der Waals surface area contributed by atoms with Crippen molar-refractivity contribution in [1.29, 1.82) is 0 Å². The summed E-state index contributed by atoms with van der Waals surface area (Å²) in [6, 6.07) is 16.0. The second kappa shape index (κ2) is 11.4. The Morgan fingerprint density at radius 2 is 1.63 bits per heavy atom. The molecule has 3 atom stereocenters. The molecule has 2 aliphatic carbocycles. The Kier molecular flexibility index (Phi) is 8.02. The number of carbonyl (C=O) groups excluding carboxylic acids is 2. The molecule has 35 heavy (non-hydrogen) atoms. The molecule has 0 aromatic heterocycles. The van der Waals surface area contributed by atoms with E-state index in [1.54, 1.807) is 0 Å². The van der Waals surface area contributed by atoms with Crippen LogP contribution in [0.2, 0.25) is 0 Å². The Bertz CT molecular complexity index is 1030. The number of hydrogen-bond donors (Lipinski definition) is 3. The van der Waals surface area contributed by atoms with Crippen molar-refractivity contribution >= 4 is 18.0 Å². The molecule has 1 fully saturated rings. The van der Waals surface area contributed by atoms with E-state index in [1.807, 2.05) is 24.3 Å². The highest BCUT2D eigenvalue weighted by Crippen LogP contribution is 2.44. The summed E-state index contributed by atoms with van der Waals surface area (Å²) in [7, 11) is 1.40.